The first-order valence-electron chi connectivity index (χ1n) is 9.53. The van der Waals surface area contributed by atoms with Gasteiger partial charge in [0.25, 0.3) is 0 Å². The number of guanidine groups is 1. The third kappa shape index (κ3) is 8.27. The van der Waals surface area contributed by atoms with Gasteiger partial charge in [-0.05, 0) is 36.2 Å². The van der Waals surface area contributed by atoms with Crippen LogP contribution in [-0.4, -0.2) is 42.8 Å². The molecule has 1 aliphatic rings. The standard InChI is InChI=1S/C21H23F3N4O2.HI/c22-21(23,24)30-18-8-6-17(7-9-18)27-20(25)26-13-16-12-19(29)28(14-16)11-10-15-4-2-1-3-5-15;/h1-9,16H,10-14H2,(H3,25,26,27);1H. The number of rotatable bonds is 7. The van der Waals surface area contributed by atoms with Gasteiger partial charge in [-0.2, -0.15) is 0 Å². The number of hydrogen-bond donors (Lipinski definition) is 2. The molecule has 10 heteroatoms. The summed E-state index contributed by atoms with van der Waals surface area (Å²) < 4.78 is 40.4. The Bertz CT molecular complexity index is 876. The summed E-state index contributed by atoms with van der Waals surface area (Å²) in [5.74, 6) is 0.00685. The Hall–Kier alpha value is -2.50. The molecular weight excluding hydrogens is 524 g/mol. The second kappa shape index (κ2) is 11.2. The number of hydrogen-bond acceptors (Lipinski definition) is 3. The summed E-state index contributed by atoms with van der Waals surface area (Å²) in [6, 6.07) is 15.2. The highest BCUT2D eigenvalue weighted by atomic mass is 127. The van der Waals surface area contributed by atoms with Gasteiger partial charge in [0.15, 0.2) is 5.96 Å². The molecule has 0 aromatic heterocycles. The van der Waals surface area contributed by atoms with Crippen molar-refractivity contribution in [2.75, 3.05) is 25.0 Å². The van der Waals surface area contributed by atoms with Crippen molar-refractivity contribution in [1.82, 2.24) is 4.90 Å². The lowest BCUT2D eigenvalue weighted by atomic mass is 10.1. The Balaban J connectivity index is 0.00000341. The summed E-state index contributed by atoms with van der Waals surface area (Å²) in [6.45, 7) is 1.69. The summed E-state index contributed by atoms with van der Waals surface area (Å²) in [5.41, 5.74) is 7.53. The zero-order chi connectivity index (χ0) is 21.6. The molecule has 1 unspecified atom stereocenters. The second-order valence-electron chi connectivity index (χ2n) is 7.07. The van der Waals surface area contributed by atoms with Crippen LogP contribution in [0.15, 0.2) is 59.6 Å². The van der Waals surface area contributed by atoms with Crippen molar-refractivity contribution in [3.63, 3.8) is 0 Å². The van der Waals surface area contributed by atoms with Crippen LogP contribution in [0.2, 0.25) is 0 Å². The van der Waals surface area contributed by atoms with Crippen LogP contribution in [0.4, 0.5) is 18.9 Å². The summed E-state index contributed by atoms with van der Waals surface area (Å²) in [7, 11) is 0. The van der Waals surface area contributed by atoms with Crippen LogP contribution in [0.1, 0.15) is 12.0 Å². The minimum Gasteiger partial charge on any atom is -0.406 e. The Morgan fingerprint density at radius 1 is 1.16 bits per heavy atom. The molecule has 0 saturated carbocycles. The molecule has 0 radical (unpaired) electrons. The van der Waals surface area contributed by atoms with Crippen LogP contribution in [0.3, 0.4) is 0 Å². The summed E-state index contributed by atoms with van der Waals surface area (Å²) in [6.07, 6.45) is -3.50. The number of anilines is 1. The van der Waals surface area contributed by atoms with E-state index in [1.165, 1.54) is 29.8 Å². The minimum absolute atomic E-state index is 0. The maximum Gasteiger partial charge on any atom is 0.573 e. The van der Waals surface area contributed by atoms with E-state index in [4.69, 9.17) is 5.73 Å². The zero-order valence-electron chi connectivity index (χ0n) is 16.6. The van der Waals surface area contributed by atoms with Crippen LogP contribution in [0.25, 0.3) is 0 Å². The third-order valence-electron chi connectivity index (χ3n) is 4.69. The largest absolute Gasteiger partial charge is 0.573 e. The molecule has 6 nitrogen and oxygen atoms in total. The molecule has 3 rings (SSSR count). The summed E-state index contributed by atoms with van der Waals surface area (Å²) >= 11 is 0. The predicted molar refractivity (Wildman–Crippen MR) is 123 cm³/mol. The SMILES string of the molecule is I.NC(=NCC1CC(=O)N(CCc2ccccc2)C1)Nc1ccc(OC(F)(F)F)cc1. The van der Waals surface area contributed by atoms with Crippen molar-refractivity contribution >= 4 is 41.5 Å². The molecule has 2 aromatic rings. The number of carbonyl (C=O) groups is 1. The highest BCUT2D eigenvalue weighted by Gasteiger charge is 2.31. The lowest BCUT2D eigenvalue weighted by Gasteiger charge is -2.16. The fourth-order valence-electron chi connectivity index (χ4n) is 3.26. The molecule has 1 atom stereocenters. The minimum atomic E-state index is -4.73. The van der Waals surface area contributed by atoms with Gasteiger partial charge >= 0.3 is 6.36 Å². The van der Waals surface area contributed by atoms with E-state index >= 15 is 0 Å². The molecule has 0 aliphatic carbocycles. The van der Waals surface area contributed by atoms with Gasteiger partial charge in [0.05, 0.1) is 0 Å². The van der Waals surface area contributed by atoms with Gasteiger partial charge in [-0.1, -0.05) is 30.3 Å². The van der Waals surface area contributed by atoms with E-state index in [9.17, 15) is 18.0 Å². The van der Waals surface area contributed by atoms with Crippen LogP contribution in [0.5, 0.6) is 5.75 Å². The van der Waals surface area contributed by atoms with E-state index in [2.05, 4.69) is 15.0 Å². The van der Waals surface area contributed by atoms with E-state index in [0.29, 0.717) is 31.7 Å². The lowest BCUT2D eigenvalue weighted by Crippen LogP contribution is -2.28. The number of nitrogens with two attached hydrogens (primary N) is 1. The smallest absolute Gasteiger partial charge is 0.406 e. The molecule has 1 fully saturated rings. The first kappa shape index (κ1) is 24.8. The van der Waals surface area contributed by atoms with Crippen molar-refractivity contribution in [2.45, 2.75) is 19.2 Å². The van der Waals surface area contributed by atoms with Crippen molar-refractivity contribution in [3.05, 3.63) is 60.2 Å². The average molecular weight is 548 g/mol. The first-order valence-corrected chi connectivity index (χ1v) is 9.53. The van der Waals surface area contributed by atoms with Gasteiger partial charge in [0, 0.05) is 37.7 Å². The van der Waals surface area contributed by atoms with Crippen molar-refractivity contribution in [3.8, 4) is 5.75 Å². The lowest BCUT2D eigenvalue weighted by molar-refractivity contribution is -0.274. The van der Waals surface area contributed by atoms with Gasteiger partial charge in [-0.3, -0.25) is 9.79 Å². The molecule has 1 amide bonds. The van der Waals surface area contributed by atoms with Gasteiger partial charge in [-0.25, -0.2) is 0 Å². The van der Waals surface area contributed by atoms with E-state index in [0.717, 1.165) is 6.42 Å². The summed E-state index contributed by atoms with van der Waals surface area (Å²) in [5, 5.41) is 2.82. The first-order chi connectivity index (χ1) is 14.3. The van der Waals surface area contributed by atoms with Crippen molar-refractivity contribution < 1.29 is 22.7 Å². The van der Waals surface area contributed by atoms with Crippen LogP contribution in [0, 0.1) is 5.92 Å². The van der Waals surface area contributed by atoms with Crippen LogP contribution >= 0.6 is 24.0 Å². The second-order valence-corrected chi connectivity index (χ2v) is 7.07. The molecular formula is C21H24F3IN4O2. The number of halogens is 4. The highest BCUT2D eigenvalue weighted by Crippen LogP contribution is 2.24. The predicted octanol–water partition coefficient (Wildman–Crippen LogP) is 4.02. The molecule has 1 heterocycles. The number of amides is 1. The quantitative estimate of drug-likeness (QED) is 0.312. The molecule has 1 aliphatic heterocycles. The molecule has 0 bridgehead atoms. The molecule has 2 aromatic carbocycles. The number of ether oxygens (including phenoxy) is 1. The fraction of sp³-hybridized carbons (Fsp3) is 0.333. The number of alkyl halides is 3. The van der Waals surface area contributed by atoms with Gasteiger partial charge in [0.1, 0.15) is 5.75 Å². The number of likely N-dealkylation sites (tertiary alicyclic amines) is 1. The number of benzene rings is 2. The molecule has 3 N–H and O–H groups in total. The number of aliphatic imine (C=N–C) groups is 1. The number of nitrogens with zero attached hydrogens (tertiary/aromatic N) is 2. The molecule has 1 saturated heterocycles. The van der Waals surface area contributed by atoms with E-state index < -0.39 is 6.36 Å². The van der Waals surface area contributed by atoms with Crippen LogP contribution < -0.4 is 15.8 Å². The Morgan fingerprint density at radius 3 is 2.48 bits per heavy atom. The van der Waals surface area contributed by atoms with Gasteiger partial charge in [0.2, 0.25) is 5.91 Å². The maximum atomic E-state index is 12.2. The zero-order valence-corrected chi connectivity index (χ0v) is 19.0. The average Bonchev–Trinajstić information content (AvgIpc) is 3.06. The normalized spacial score (nSPS) is 16.7. The van der Waals surface area contributed by atoms with Crippen LogP contribution in [-0.2, 0) is 11.2 Å². The van der Waals surface area contributed by atoms with E-state index in [-0.39, 0.29) is 47.5 Å². The molecule has 0 spiro atoms. The Morgan fingerprint density at radius 2 is 1.84 bits per heavy atom. The van der Waals surface area contributed by atoms with Gasteiger partial charge < -0.3 is 20.7 Å². The van der Waals surface area contributed by atoms with E-state index in [1.54, 1.807) is 0 Å². The third-order valence-corrected chi connectivity index (χ3v) is 4.69. The monoisotopic (exact) mass is 548 g/mol. The van der Waals surface area contributed by atoms with Gasteiger partial charge in [-0.15, -0.1) is 37.1 Å². The Kier molecular flexibility index (Phi) is 8.96. The number of nitrogens with one attached hydrogen (secondary N) is 1. The number of carbonyl (C=O) groups excluding carboxylic acids is 1. The Labute approximate surface area is 195 Å². The highest BCUT2D eigenvalue weighted by molar-refractivity contribution is 14.0. The fourth-order valence-corrected chi connectivity index (χ4v) is 3.26. The summed E-state index contributed by atoms with van der Waals surface area (Å²) in [4.78, 5) is 18.3. The molecule has 31 heavy (non-hydrogen) atoms. The topological polar surface area (TPSA) is 80.0 Å². The van der Waals surface area contributed by atoms with Crippen molar-refractivity contribution in [2.24, 2.45) is 16.6 Å². The maximum absolute atomic E-state index is 12.2. The van der Waals surface area contributed by atoms with E-state index in [1.807, 2.05) is 35.2 Å². The van der Waals surface area contributed by atoms with Crippen molar-refractivity contribution in [1.29, 1.82) is 0 Å². The molecule has 168 valence electrons.